The molecule has 3 aromatic rings. The van der Waals surface area contributed by atoms with E-state index in [2.05, 4.69) is 20.3 Å². The van der Waals surface area contributed by atoms with E-state index >= 15 is 0 Å². The first-order chi connectivity index (χ1) is 13.6. The van der Waals surface area contributed by atoms with E-state index in [1.807, 2.05) is 24.3 Å². The van der Waals surface area contributed by atoms with Crippen LogP contribution in [0.2, 0.25) is 0 Å². The van der Waals surface area contributed by atoms with Crippen molar-refractivity contribution in [1.82, 2.24) is 15.0 Å². The number of hydrogen-bond acceptors (Lipinski definition) is 5. The van der Waals surface area contributed by atoms with E-state index in [1.54, 1.807) is 18.6 Å². The number of pyridine rings is 1. The van der Waals surface area contributed by atoms with Gasteiger partial charge in [0.15, 0.2) is 0 Å². The highest BCUT2D eigenvalue weighted by Crippen LogP contribution is 2.45. The van der Waals surface area contributed by atoms with Crippen LogP contribution in [0.3, 0.4) is 0 Å². The number of nitrogens with one attached hydrogen (secondary N) is 1. The van der Waals surface area contributed by atoms with E-state index < -0.39 is 5.82 Å². The van der Waals surface area contributed by atoms with E-state index in [1.165, 1.54) is 18.2 Å². The van der Waals surface area contributed by atoms with Gasteiger partial charge in [-0.3, -0.25) is 4.98 Å². The zero-order valence-corrected chi connectivity index (χ0v) is 15.7. The molecule has 0 saturated heterocycles. The third kappa shape index (κ3) is 3.54. The van der Waals surface area contributed by atoms with Crippen LogP contribution in [0.4, 0.5) is 10.3 Å². The Balaban J connectivity index is 1.50. The normalized spacial score (nSPS) is 20.8. The van der Waals surface area contributed by atoms with Crippen LogP contribution >= 0.6 is 11.6 Å². The van der Waals surface area contributed by atoms with Crippen LogP contribution in [-0.2, 0) is 5.41 Å². The zero-order chi connectivity index (χ0) is 19.6. The fourth-order valence-electron chi connectivity index (χ4n) is 3.53. The van der Waals surface area contributed by atoms with Crippen LogP contribution in [0.1, 0.15) is 24.1 Å². The quantitative estimate of drug-likeness (QED) is 0.654. The first kappa shape index (κ1) is 18.3. The summed E-state index contributed by atoms with van der Waals surface area (Å²) in [6.45, 7) is 0.616. The van der Waals surface area contributed by atoms with Crippen molar-refractivity contribution in [1.29, 1.82) is 5.26 Å². The maximum Gasteiger partial charge on any atom is 0.222 e. The average molecular weight is 394 g/mol. The maximum atomic E-state index is 14.1. The van der Waals surface area contributed by atoms with E-state index in [0.717, 1.165) is 18.5 Å². The van der Waals surface area contributed by atoms with Gasteiger partial charge in [-0.2, -0.15) is 5.26 Å². The Kier molecular flexibility index (Phi) is 4.93. The van der Waals surface area contributed by atoms with Crippen molar-refractivity contribution >= 4 is 17.5 Å². The molecular weight excluding hydrogens is 377 g/mol. The molecule has 2 heterocycles. The molecule has 0 unspecified atom stereocenters. The smallest absolute Gasteiger partial charge is 0.222 e. The van der Waals surface area contributed by atoms with Crippen molar-refractivity contribution in [2.75, 3.05) is 11.9 Å². The number of hydrogen-bond donors (Lipinski definition) is 1. The number of aromatic nitrogens is 3. The summed E-state index contributed by atoms with van der Waals surface area (Å²) in [6.07, 6.45) is 6.56. The lowest BCUT2D eigenvalue weighted by Gasteiger charge is -2.44. The Morgan fingerprint density at radius 1 is 1.18 bits per heavy atom. The Morgan fingerprint density at radius 3 is 2.61 bits per heavy atom. The average Bonchev–Trinajstić information content (AvgIpc) is 2.72. The summed E-state index contributed by atoms with van der Waals surface area (Å²) in [4.78, 5) is 13.1. The molecule has 1 aliphatic rings. The standard InChI is InChI=1S/C21H17ClFN5/c22-16-8-21(9-16,19-3-1-2-6-25-19)13-28-20-26-11-15(12-27-20)17-7-14(10-24)4-5-18(17)23/h1-7,11-12,16H,8-9,13H2,(H,26,27,28). The highest BCUT2D eigenvalue weighted by atomic mass is 35.5. The van der Waals surface area contributed by atoms with Gasteiger partial charge in [-0.15, -0.1) is 11.6 Å². The lowest BCUT2D eigenvalue weighted by molar-refractivity contribution is 0.259. The molecule has 1 N–H and O–H groups in total. The molecule has 0 bridgehead atoms. The number of nitriles is 1. The van der Waals surface area contributed by atoms with Crippen LogP contribution < -0.4 is 5.32 Å². The molecule has 1 aromatic carbocycles. The Bertz CT molecular complexity index is 1010. The van der Waals surface area contributed by atoms with Gasteiger partial charge >= 0.3 is 0 Å². The second-order valence-corrected chi connectivity index (χ2v) is 7.57. The summed E-state index contributed by atoms with van der Waals surface area (Å²) in [5.41, 5.74) is 2.08. The summed E-state index contributed by atoms with van der Waals surface area (Å²) >= 11 is 6.25. The molecule has 0 amide bonds. The van der Waals surface area contributed by atoms with Gasteiger partial charge in [0.25, 0.3) is 0 Å². The van der Waals surface area contributed by atoms with E-state index in [4.69, 9.17) is 16.9 Å². The van der Waals surface area contributed by atoms with Gasteiger partial charge in [-0.25, -0.2) is 14.4 Å². The highest BCUT2D eigenvalue weighted by Gasteiger charge is 2.45. The Morgan fingerprint density at radius 2 is 1.96 bits per heavy atom. The second-order valence-electron chi connectivity index (χ2n) is 6.96. The summed E-state index contributed by atoms with van der Waals surface area (Å²) in [7, 11) is 0. The van der Waals surface area contributed by atoms with Crippen molar-refractivity contribution in [2.24, 2.45) is 0 Å². The van der Waals surface area contributed by atoms with E-state index in [9.17, 15) is 4.39 Å². The molecule has 140 valence electrons. The molecule has 28 heavy (non-hydrogen) atoms. The lowest BCUT2D eigenvalue weighted by atomic mass is 9.66. The molecule has 1 fully saturated rings. The molecule has 0 radical (unpaired) electrons. The third-order valence-corrected chi connectivity index (χ3v) is 5.38. The largest absolute Gasteiger partial charge is 0.353 e. The van der Waals surface area contributed by atoms with E-state index in [0.29, 0.717) is 29.2 Å². The van der Waals surface area contributed by atoms with Crippen LogP contribution in [0.15, 0.2) is 55.0 Å². The highest BCUT2D eigenvalue weighted by molar-refractivity contribution is 6.21. The predicted octanol–water partition coefficient (Wildman–Crippen LogP) is 4.30. The maximum absolute atomic E-state index is 14.1. The first-order valence-corrected chi connectivity index (χ1v) is 9.35. The summed E-state index contributed by atoms with van der Waals surface area (Å²) in [5, 5.41) is 12.4. The topological polar surface area (TPSA) is 74.5 Å². The van der Waals surface area contributed by atoms with Crippen molar-refractivity contribution < 1.29 is 4.39 Å². The molecule has 0 spiro atoms. The fourth-order valence-corrected chi connectivity index (χ4v) is 4.12. The number of nitrogens with zero attached hydrogens (tertiary/aromatic N) is 4. The number of rotatable bonds is 5. The van der Waals surface area contributed by atoms with Crippen molar-refractivity contribution in [2.45, 2.75) is 23.6 Å². The molecular formula is C21H17ClFN5. The second kappa shape index (κ2) is 7.53. The Labute approximate surface area is 167 Å². The first-order valence-electron chi connectivity index (χ1n) is 8.91. The van der Waals surface area contributed by atoms with Crippen LogP contribution in [0.25, 0.3) is 11.1 Å². The lowest BCUT2D eigenvalue weighted by Crippen LogP contribution is -2.48. The summed E-state index contributed by atoms with van der Waals surface area (Å²) in [5.74, 6) is 0.0361. The molecule has 1 aliphatic carbocycles. The SMILES string of the molecule is N#Cc1ccc(F)c(-c2cnc(NCC3(c4ccccn4)CC(Cl)C3)nc2)c1. The Hall–Kier alpha value is -3.04. The zero-order valence-electron chi connectivity index (χ0n) is 14.9. The van der Waals surface area contributed by atoms with E-state index in [-0.39, 0.29) is 10.8 Å². The monoisotopic (exact) mass is 393 g/mol. The minimum atomic E-state index is -0.417. The molecule has 4 rings (SSSR count). The van der Waals surface area contributed by atoms with Gasteiger partial charge in [0, 0.05) is 52.7 Å². The van der Waals surface area contributed by atoms with Crippen LogP contribution in [0, 0.1) is 17.1 Å². The van der Waals surface area contributed by atoms with Crippen molar-refractivity contribution in [3.63, 3.8) is 0 Å². The minimum Gasteiger partial charge on any atom is -0.353 e. The number of alkyl halides is 1. The summed E-state index contributed by atoms with van der Waals surface area (Å²) in [6, 6.07) is 12.1. The van der Waals surface area contributed by atoms with Crippen molar-refractivity contribution in [3.05, 3.63) is 72.1 Å². The fraction of sp³-hybridized carbons (Fsp3) is 0.238. The van der Waals surface area contributed by atoms with Gasteiger partial charge in [0.2, 0.25) is 5.95 Å². The predicted molar refractivity (Wildman–Crippen MR) is 105 cm³/mol. The number of halogens is 2. The van der Waals surface area contributed by atoms with Crippen molar-refractivity contribution in [3.8, 4) is 17.2 Å². The van der Waals surface area contributed by atoms with Gasteiger partial charge in [0.1, 0.15) is 5.82 Å². The van der Waals surface area contributed by atoms with Gasteiger partial charge in [-0.05, 0) is 43.2 Å². The molecule has 5 nitrogen and oxygen atoms in total. The molecule has 2 aromatic heterocycles. The molecule has 7 heteroatoms. The molecule has 0 aliphatic heterocycles. The van der Waals surface area contributed by atoms with Gasteiger partial charge in [-0.1, -0.05) is 6.07 Å². The summed E-state index contributed by atoms with van der Waals surface area (Å²) < 4.78 is 14.1. The molecule has 1 saturated carbocycles. The van der Waals surface area contributed by atoms with Gasteiger partial charge in [0.05, 0.1) is 11.6 Å². The minimum absolute atomic E-state index is 0.136. The molecule has 0 atom stereocenters. The third-order valence-electron chi connectivity index (χ3n) is 5.08. The van der Waals surface area contributed by atoms with Crippen LogP contribution in [0.5, 0.6) is 0 Å². The number of benzene rings is 1. The number of anilines is 1. The van der Waals surface area contributed by atoms with Gasteiger partial charge < -0.3 is 5.32 Å². The van der Waals surface area contributed by atoms with Crippen LogP contribution in [-0.4, -0.2) is 26.9 Å².